The Balaban J connectivity index is 0. The maximum absolute atomic E-state index is 0. The molecule has 4 heavy (non-hydrogen) atoms. The van der Waals surface area contributed by atoms with E-state index in [-0.39, 0.29) is 23.8 Å². The van der Waals surface area contributed by atoms with Gasteiger partial charge in [-0.15, -0.1) is 0 Å². The third-order valence-electron chi connectivity index (χ3n) is 0. The van der Waals surface area contributed by atoms with Gasteiger partial charge in [0, 0.05) is 19.1 Å². The summed E-state index contributed by atoms with van der Waals surface area (Å²) in [5.74, 6) is 0. The van der Waals surface area contributed by atoms with Gasteiger partial charge in [-0.1, -0.05) is 0 Å². The average molecular weight is 62.0 g/mol. The van der Waals surface area contributed by atoms with Crippen molar-refractivity contribution in [1.29, 1.82) is 0 Å². The highest BCUT2D eigenvalue weighted by Gasteiger charge is 0.00201. The summed E-state index contributed by atoms with van der Waals surface area (Å²) in [5, 5.41) is 0. The number of rotatable bonds is 0. The molecule has 0 saturated carbocycles. The van der Waals surface area contributed by atoms with Crippen LogP contribution in [-0.4, -0.2) is 0 Å². The first-order chi connectivity index (χ1) is 0. The standard InChI is InChI=1S/C.FH.N.O/h;1H;;. The number of halogens is 1. The van der Waals surface area contributed by atoms with Gasteiger partial charge in [0.05, 0.1) is 0 Å². The topological polar surface area (TPSA) is 59.0 Å². The quantitative estimate of drug-likeness (QED) is 0.367. The summed E-state index contributed by atoms with van der Waals surface area (Å²) < 4.78 is 0. The summed E-state index contributed by atoms with van der Waals surface area (Å²) in [6.45, 7) is 0. The minimum Gasteiger partial charge on any atom is -0.269 e. The fourth-order valence-corrected chi connectivity index (χ4v) is 0. The molecule has 3 heteroatoms. The SMILES string of the molecule is F.[C].[N].[O]. The molecule has 0 aliphatic rings. The summed E-state index contributed by atoms with van der Waals surface area (Å²) in [7, 11) is 0. The van der Waals surface area contributed by atoms with Gasteiger partial charge >= 0.3 is 0 Å². The Hall–Kier alpha value is -0.150. The lowest BCUT2D eigenvalue weighted by atomic mass is 12.0. The van der Waals surface area contributed by atoms with Crippen LogP contribution in [0.4, 0.5) is 4.70 Å². The molecule has 0 aliphatic heterocycles. The van der Waals surface area contributed by atoms with E-state index >= 15 is 0 Å². The number of hydrogen-bond donors (Lipinski definition) is 0. The van der Waals surface area contributed by atoms with Crippen LogP contribution < -0.4 is 6.15 Å². The Labute approximate surface area is 25.1 Å². The normalized spacial score (nSPS) is 0. The van der Waals surface area contributed by atoms with Crippen LogP contribution in [0.25, 0.3) is 0 Å². The molecule has 0 saturated heterocycles. The van der Waals surface area contributed by atoms with Crippen molar-refractivity contribution in [2.75, 3.05) is 0 Å². The van der Waals surface area contributed by atoms with E-state index in [1.807, 2.05) is 0 Å². The van der Waals surface area contributed by atoms with Gasteiger partial charge < -0.3 is 0 Å². The summed E-state index contributed by atoms with van der Waals surface area (Å²) in [4.78, 5) is 0. The van der Waals surface area contributed by atoms with Crippen LogP contribution >= 0.6 is 0 Å². The smallest absolute Gasteiger partial charge is 0 e. The molecule has 0 aromatic rings. The third kappa shape index (κ3) is 59.4. The molecule has 9 radical (unpaired) electrons. The zero-order valence-electron chi connectivity index (χ0n) is 1.76. The largest absolute Gasteiger partial charge is 0.269 e. The summed E-state index contributed by atoms with van der Waals surface area (Å²) in [6.07, 6.45) is 0. The molecule has 0 rings (SSSR count). The second-order valence-corrected chi connectivity index (χ2v) is 0. The highest BCUT2D eigenvalue weighted by atomic mass is 19.0. The Kier molecular flexibility index (Phi) is 151000. The fraction of sp³-hybridized carbons (Fsp3) is 0. The van der Waals surface area contributed by atoms with Crippen molar-refractivity contribution in [3.63, 3.8) is 0 Å². The molecule has 0 aromatic heterocycles. The predicted molar refractivity (Wildman–Crippen MR) is 8.57 cm³/mol. The maximum Gasteiger partial charge on any atom is 0 e. The molecule has 2 nitrogen and oxygen atoms in total. The summed E-state index contributed by atoms with van der Waals surface area (Å²) in [6, 6.07) is 0. The molecule has 0 spiro atoms. The maximum atomic E-state index is 0. The second-order valence-electron chi connectivity index (χ2n) is 0. The highest BCUT2D eigenvalue weighted by Crippen LogP contribution is 0.420. The average Bonchev–Trinajstić information content (AvgIpc) is 0. The zero-order valence-corrected chi connectivity index (χ0v) is 1.76. The van der Waals surface area contributed by atoms with Crippen LogP contribution in [0.2, 0.25) is 0 Å². The molecule has 0 aliphatic carbocycles. The van der Waals surface area contributed by atoms with Crippen LogP contribution in [0, 0.1) is 7.43 Å². The number of nitrogens with zero attached hydrogens (tertiary/aromatic N) is 1. The molecule has 0 unspecified atom stereocenters. The molecule has 0 amide bonds. The lowest BCUT2D eigenvalue weighted by Crippen LogP contribution is -0.481. The van der Waals surface area contributed by atoms with Crippen molar-refractivity contribution in [3.05, 3.63) is 7.43 Å². The highest BCUT2D eigenvalue weighted by molar-refractivity contribution is 3.24. The molecule has 23 valence electrons. The molecule has 0 heterocycles. The van der Waals surface area contributed by atoms with Crippen LogP contribution in [0.5, 0.6) is 0 Å². The summed E-state index contributed by atoms with van der Waals surface area (Å²) in [5.41, 5.74) is 0. The van der Waals surface area contributed by atoms with E-state index < -0.39 is 0 Å². The van der Waals surface area contributed by atoms with Gasteiger partial charge in [-0.05, 0) is 0 Å². The van der Waals surface area contributed by atoms with E-state index in [2.05, 4.69) is 0 Å². The predicted octanol–water partition coefficient (Wildman–Crippen LogP) is -0.366. The van der Waals surface area contributed by atoms with E-state index in [9.17, 15) is 0 Å². The first kappa shape index (κ1) is 1390. The molecule has 0 atom stereocenters. The lowest BCUT2D eigenvalue weighted by molar-refractivity contribution is 0.686. The van der Waals surface area contributed by atoms with Gasteiger partial charge in [0.1, 0.15) is 0 Å². The van der Waals surface area contributed by atoms with Gasteiger partial charge in [0.2, 0.25) is 0 Å². The second kappa shape index (κ2) is 434. The van der Waals surface area contributed by atoms with E-state index in [0.29, 0.717) is 0 Å². The third-order valence-corrected chi connectivity index (χ3v) is 0. The van der Waals surface area contributed by atoms with E-state index in [1.165, 1.54) is 0 Å². The molecular formula is CHFNO. The molecule has 0 N–H and O–H groups in total. The van der Waals surface area contributed by atoms with E-state index in [0.717, 1.165) is 0 Å². The minimum atomic E-state index is 0. The van der Waals surface area contributed by atoms with Crippen LogP contribution in [-0.2, 0) is 5.48 Å². The van der Waals surface area contributed by atoms with Crippen molar-refractivity contribution in [3.8, 4) is 0 Å². The Morgan fingerprint density at radius 3 is 1.00 bits per heavy atom. The van der Waals surface area contributed by atoms with Crippen molar-refractivity contribution in [1.82, 2.24) is 6.15 Å². The Morgan fingerprint density at radius 1 is 1.00 bits per heavy atom. The Morgan fingerprint density at radius 2 is 1.00 bits per heavy atom. The van der Waals surface area contributed by atoms with Gasteiger partial charge in [0.15, 0.2) is 0 Å². The van der Waals surface area contributed by atoms with Gasteiger partial charge in [-0.3, -0.25) is 4.70 Å². The van der Waals surface area contributed by atoms with Crippen molar-refractivity contribution >= 4 is 0 Å². The summed E-state index contributed by atoms with van der Waals surface area (Å²) >= 11 is 0. The zero-order chi connectivity index (χ0) is 0. The molecule has 0 bridgehead atoms. The van der Waals surface area contributed by atoms with Crippen LogP contribution in [0.15, 0.2) is 0 Å². The first-order valence-corrected chi connectivity index (χ1v) is 0. The first-order valence-electron chi connectivity index (χ1n) is 0. The lowest BCUT2D eigenvalue weighted by Gasteiger charge is -0.269. The number of hydrogen-bond acceptors (Lipinski definition) is 0. The molecule has 0 aromatic carbocycles. The van der Waals surface area contributed by atoms with Gasteiger partial charge in [0.25, 0.3) is 0 Å². The van der Waals surface area contributed by atoms with Gasteiger partial charge in [-0.2, -0.15) is 0 Å². The molecular weight excluding hydrogens is 61.0 g/mol. The monoisotopic (exact) mass is 62.0 g/mol. The van der Waals surface area contributed by atoms with Crippen molar-refractivity contribution in [2.24, 2.45) is 0 Å². The van der Waals surface area contributed by atoms with E-state index in [4.69, 9.17) is 0 Å². The van der Waals surface area contributed by atoms with Crippen molar-refractivity contribution in [2.45, 2.75) is 0 Å². The van der Waals surface area contributed by atoms with E-state index in [1.54, 1.807) is 0 Å². The fourth-order valence-electron chi connectivity index (χ4n) is 0. The van der Waals surface area contributed by atoms with Crippen molar-refractivity contribution < 1.29 is 10.2 Å². The Bertz CT molecular complexity index is 8.00. The van der Waals surface area contributed by atoms with Gasteiger partial charge in [-0.25, -0.2) is 0 Å². The molecule has 0 fully saturated rings. The van der Waals surface area contributed by atoms with Crippen LogP contribution in [0.1, 0.15) is 0 Å². The van der Waals surface area contributed by atoms with Crippen LogP contribution in [0.3, 0.4) is 0 Å². The minimum absolute atomic E-state index is 0.